The van der Waals surface area contributed by atoms with Crippen LogP contribution in [0.5, 0.6) is 0 Å². The summed E-state index contributed by atoms with van der Waals surface area (Å²) in [6, 6.07) is 7.24. The molecule has 3 heterocycles. The maximum absolute atomic E-state index is 13.6. The van der Waals surface area contributed by atoms with Crippen molar-refractivity contribution in [1.29, 1.82) is 5.26 Å². The van der Waals surface area contributed by atoms with Crippen molar-refractivity contribution >= 4 is 11.8 Å². The molecule has 28 heavy (non-hydrogen) atoms. The average Bonchev–Trinajstić information content (AvgIpc) is 2.71. The van der Waals surface area contributed by atoms with Gasteiger partial charge in [0.05, 0.1) is 49.6 Å². The van der Waals surface area contributed by atoms with Crippen molar-refractivity contribution in [3.8, 4) is 11.8 Å². The summed E-state index contributed by atoms with van der Waals surface area (Å²) in [6.07, 6.45) is 7.54. The third-order valence-electron chi connectivity index (χ3n) is 4.37. The van der Waals surface area contributed by atoms with Crippen LogP contribution in [0.4, 0.5) is 4.39 Å². The van der Waals surface area contributed by atoms with E-state index in [1.54, 1.807) is 30.6 Å². The molecule has 6 nitrogen and oxygen atoms in total. The zero-order valence-electron chi connectivity index (χ0n) is 15.4. The third-order valence-corrected chi connectivity index (χ3v) is 4.37. The van der Waals surface area contributed by atoms with Crippen LogP contribution in [-0.2, 0) is 17.9 Å². The Kier molecular flexibility index (Phi) is 6.25. The van der Waals surface area contributed by atoms with Gasteiger partial charge in [0.15, 0.2) is 0 Å². The molecule has 0 atom stereocenters. The van der Waals surface area contributed by atoms with E-state index in [1.807, 2.05) is 13.0 Å². The van der Waals surface area contributed by atoms with E-state index in [1.165, 1.54) is 16.7 Å². The molecule has 0 aromatic carbocycles. The number of nitriles is 1. The fourth-order valence-corrected chi connectivity index (χ4v) is 3.02. The zero-order valence-corrected chi connectivity index (χ0v) is 15.4. The summed E-state index contributed by atoms with van der Waals surface area (Å²) in [6.45, 7) is 2.23. The van der Waals surface area contributed by atoms with Crippen LogP contribution in [0.15, 0.2) is 58.4 Å². The number of aromatic nitrogens is 2. The molecule has 0 fully saturated rings. The minimum atomic E-state index is -0.470. The minimum absolute atomic E-state index is 0.0643. The fourth-order valence-electron chi connectivity index (χ4n) is 3.02. The largest absolute Gasteiger partial charge is 0.371 e. The summed E-state index contributed by atoms with van der Waals surface area (Å²) in [5, 5.41) is 9.09. The summed E-state index contributed by atoms with van der Waals surface area (Å²) in [5.41, 5.74) is 2.71. The highest BCUT2D eigenvalue weighted by molar-refractivity contribution is 5.75. The summed E-state index contributed by atoms with van der Waals surface area (Å²) in [7, 11) is 0. The first kappa shape index (κ1) is 19.4. The Morgan fingerprint density at radius 2 is 2.36 bits per heavy atom. The van der Waals surface area contributed by atoms with Gasteiger partial charge in [-0.1, -0.05) is 6.92 Å². The van der Waals surface area contributed by atoms with E-state index in [4.69, 9.17) is 10.00 Å². The van der Waals surface area contributed by atoms with Crippen LogP contribution >= 0.6 is 0 Å². The number of halogens is 1. The molecule has 0 radical (unpaired) electrons. The topological polar surface area (TPSA) is 80.3 Å². The molecular weight excluding hydrogens is 359 g/mol. The lowest BCUT2D eigenvalue weighted by molar-refractivity contribution is 0.142. The molecule has 0 saturated heterocycles. The van der Waals surface area contributed by atoms with Crippen LogP contribution in [0.2, 0.25) is 0 Å². The maximum atomic E-state index is 13.6. The van der Waals surface area contributed by atoms with Gasteiger partial charge in [0.2, 0.25) is 0 Å². The van der Waals surface area contributed by atoms with Crippen molar-refractivity contribution in [2.75, 3.05) is 6.61 Å². The second kappa shape index (κ2) is 9.02. The quantitative estimate of drug-likeness (QED) is 0.766. The highest BCUT2D eigenvalue weighted by Gasteiger charge is 2.18. The smallest absolute Gasteiger partial charge is 0.263 e. The summed E-state index contributed by atoms with van der Waals surface area (Å²) < 4.78 is 20.7. The van der Waals surface area contributed by atoms with Crippen LogP contribution in [0, 0.1) is 11.3 Å². The first-order valence-corrected chi connectivity index (χ1v) is 8.86. The average molecular weight is 378 g/mol. The SMILES string of the molecule is CC/C(=C/C#N)c1cc2c(n(-c3cccnc3)c1=O)COC/C=C(F)\C=N/C2. The summed E-state index contributed by atoms with van der Waals surface area (Å²) in [5.74, 6) is -0.470. The molecule has 0 unspecified atom stereocenters. The molecule has 142 valence electrons. The van der Waals surface area contributed by atoms with Crippen molar-refractivity contribution in [2.45, 2.75) is 26.5 Å². The predicted molar refractivity (Wildman–Crippen MR) is 105 cm³/mol. The van der Waals surface area contributed by atoms with Crippen LogP contribution in [-0.4, -0.2) is 22.4 Å². The lowest BCUT2D eigenvalue weighted by atomic mass is 10.0. The van der Waals surface area contributed by atoms with Gasteiger partial charge in [-0.25, -0.2) is 4.39 Å². The molecule has 3 rings (SSSR count). The zero-order chi connectivity index (χ0) is 19.9. The molecule has 0 saturated carbocycles. The molecule has 1 aliphatic rings. The number of aliphatic imine (C=N–C) groups is 1. The van der Waals surface area contributed by atoms with Crippen molar-refractivity contribution in [3.63, 3.8) is 0 Å². The van der Waals surface area contributed by atoms with E-state index in [9.17, 15) is 9.18 Å². The van der Waals surface area contributed by atoms with Gasteiger partial charge in [-0.15, -0.1) is 0 Å². The third kappa shape index (κ3) is 4.13. The highest BCUT2D eigenvalue weighted by atomic mass is 19.1. The number of hydrogen-bond acceptors (Lipinski definition) is 5. The van der Waals surface area contributed by atoms with E-state index in [0.29, 0.717) is 28.9 Å². The van der Waals surface area contributed by atoms with E-state index < -0.39 is 5.83 Å². The molecule has 2 aromatic heterocycles. The number of rotatable bonds is 3. The Morgan fingerprint density at radius 3 is 3.07 bits per heavy atom. The molecule has 0 amide bonds. The van der Waals surface area contributed by atoms with Gasteiger partial charge in [0.1, 0.15) is 5.83 Å². The lowest BCUT2D eigenvalue weighted by Gasteiger charge is -2.19. The Balaban J connectivity index is 2.29. The molecule has 0 aliphatic carbocycles. The van der Waals surface area contributed by atoms with Crippen molar-refractivity contribution in [3.05, 3.63) is 75.7 Å². The van der Waals surface area contributed by atoms with Crippen LogP contribution < -0.4 is 5.56 Å². The van der Waals surface area contributed by atoms with E-state index in [-0.39, 0.29) is 25.3 Å². The Morgan fingerprint density at radius 1 is 1.50 bits per heavy atom. The van der Waals surface area contributed by atoms with Gasteiger partial charge in [0.25, 0.3) is 5.56 Å². The number of fused-ring (bicyclic) bond motifs is 1. The molecule has 7 heteroatoms. The van der Waals surface area contributed by atoms with E-state index >= 15 is 0 Å². The van der Waals surface area contributed by atoms with Crippen LogP contribution in [0.3, 0.4) is 0 Å². The lowest BCUT2D eigenvalue weighted by Crippen LogP contribution is -2.27. The van der Waals surface area contributed by atoms with Gasteiger partial charge in [0, 0.05) is 17.8 Å². The monoisotopic (exact) mass is 378 g/mol. The van der Waals surface area contributed by atoms with Crippen LogP contribution in [0.1, 0.15) is 30.2 Å². The Labute approximate surface area is 161 Å². The summed E-state index contributed by atoms with van der Waals surface area (Å²) in [4.78, 5) is 21.6. The Bertz CT molecular complexity index is 1050. The molecule has 1 aliphatic heterocycles. The normalized spacial score (nSPS) is 17.8. The van der Waals surface area contributed by atoms with Gasteiger partial charge < -0.3 is 4.74 Å². The first-order valence-electron chi connectivity index (χ1n) is 8.86. The second-order valence-corrected chi connectivity index (χ2v) is 6.11. The van der Waals surface area contributed by atoms with Gasteiger partial charge in [-0.3, -0.25) is 19.3 Å². The molecule has 0 N–H and O–H groups in total. The number of nitrogens with zero attached hydrogens (tertiary/aromatic N) is 4. The molecule has 2 aromatic rings. The Hall–Kier alpha value is -3.37. The second-order valence-electron chi connectivity index (χ2n) is 6.11. The van der Waals surface area contributed by atoms with E-state index in [0.717, 1.165) is 11.8 Å². The molecule has 0 bridgehead atoms. The number of hydrogen-bond donors (Lipinski definition) is 0. The van der Waals surface area contributed by atoms with E-state index in [2.05, 4.69) is 9.98 Å². The molecular formula is C21H19FN4O2. The predicted octanol–water partition coefficient (Wildman–Crippen LogP) is 3.50. The molecule has 0 spiro atoms. The standard InChI is InChI=1S/C21H19FN4O2/c1-2-15(5-7-23)19-10-16-11-25-12-17(22)6-9-28-14-20(16)26(21(19)27)18-4-3-8-24-13-18/h3-6,8,10,12-13H,2,9,11,14H2,1H3/b15-5-,17-6+,25-12-. The van der Waals surface area contributed by atoms with Crippen molar-refractivity contribution < 1.29 is 9.13 Å². The summed E-state index contributed by atoms with van der Waals surface area (Å²) >= 11 is 0. The maximum Gasteiger partial charge on any atom is 0.263 e. The fraction of sp³-hybridized carbons (Fsp3) is 0.238. The van der Waals surface area contributed by atoms with Gasteiger partial charge >= 0.3 is 0 Å². The minimum Gasteiger partial charge on any atom is -0.371 e. The van der Waals surface area contributed by atoms with Crippen LogP contribution in [0.25, 0.3) is 11.3 Å². The van der Waals surface area contributed by atoms with Gasteiger partial charge in [-0.05, 0) is 41.8 Å². The van der Waals surface area contributed by atoms with Crippen molar-refractivity contribution in [1.82, 2.24) is 9.55 Å². The first-order chi connectivity index (χ1) is 13.7. The highest BCUT2D eigenvalue weighted by Crippen LogP contribution is 2.22. The number of allylic oxidation sites excluding steroid dienone is 3. The van der Waals surface area contributed by atoms with Gasteiger partial charge in [-0.2, -0.15) is 5.26 Å². The number of ether oxygens (including phenoxy) is 1. The number of pyridine rings is 2. The van der Waals surface area contributed by atoms with Crippen molar-refractivity contribution in [2.24, 2.45) is 4.99 Å².